The molecule has 0 spiro atoms. The molecule has 0 unspecified atom stereocenters. The largest absolute Gasteiger partial charge is 0.508 e. The first kappa shape index (κ1) is 7.79. The fraction of sp³-hybridized carbons (Fsp3) is 0.111. The maximum atomic E-state index is 9.41. The van der Waals surface area contributed by atoms with Crippen LogP contribution in [0.4, 0.5) is 0 Å². The molecule has 2 rings (SSSR count). The van der Waals surface area contributed by atoms with E-state index in [-0.39, 0.29) is 5.75 Å². The van der Waals surface area contributed by atoms with Crippen LogP contribution in [0, 0.1) is 6.92 Å². The molecule has 1 aromatic carbocycles. The Balaban J connectivity index is 2.59. The molecule has 0 radical (unpaired) electrons. The fourth-order valence-electron chi connectivity index (χ4n) is 1.15. The third-order valence-corrected chi connectivity index (χ3v) is 1.90. The molecule has 0 saturated heterocycles. The van der Waals surface area contributed by atoms with Gasteiger partial charge in [0, 0.05) is 11.1 Å². The minimum atomic E-state index is 0.232. The molecule has 0 aliphatic carbocycles. The van der Waals surface area contributed by atoms with Gasteiger partial charge >= 0.3 is 0 Å². The van der Waals surface area contributed by atoms with Crippen molar-refractivity contribution in [2.24, 2.45) is 0 Å². The molecule has 1 aromatic heterocycles. The van der Waals surface area contributed by atoms with Crippen molar-refractivity contribution in [3.63, 3.8) is 0 Å². The molecule has 1 heterocycles. The standard InChI is InChI=1S/C9H8N2O2/c1-6-7(3-2-4-8(6)12)9-10-5-11-13-9/h2-5,12H,1H3. The molecule has 0 atom stereocenters. The molecule has 0 amide bonds. The first-order valence-electron chi connectivity index (χ1n) is 3.84. The summed E-state index contributed by atoms with van der Waals surface area (Å²) >= 11 is 0. The Bertz CT molecular complexity index is 410. The second-order valence-electron chi connectivity index (χ2n) is 2.70. The minimum absolute atomic E-state index is 0.232. The van der Waals surface area contributed by atoms with Crippen LogP contribution in [0.3, 0.4) is 0 Å². The summed E-state index contributed by atoms with van der Waals surface area (Å²) in [5, 5.41) is 12.9. The summed E-state index contributed by atoms with van der Waals surface area (Å²) in [5.74, 6) is 0.657. The fourth-order valence-corrected chi connectivity index (χ4v) is 1.15. The summed E-state index contributed by atoms with van der Waals surface area (Å²) in [6.45, 7) is 1.80. The molecule has 0 fully saturated rings. The van der Waals surface area contributed by atoms with Gasteiger partial charge in [-0.15, -0.1) is 0 Å². The first-order chi connectivity index (χ1) is 6.29. The quantitative estimate of drug-likeness (QED) is 0.719. The zero-order valence-corrected chi connectivity index (χ0v) is 7.06. The highest BCUT2D eigenvalue weighted by Crippen LogP contribution is 2.26. The highest BCUT2D eigenvalue weighted by Gasteiger charge is 2.08. The number of benzene rings is 1. The topological polar surface area (TPSA) is 59.2 Å². The highest BCUT2D eigenvalue weighted by molar-refractivity contribution is 5.61. The monoisotopic (exact) mass is 176 g/mol. The molecule has 0 saturated carbocycles. The van der Waals surface area contributed by atoms with Crippen LogP contribution in [-0.2, 0) is 0 Å². The Morgan fingerprint density at radius 1 is 1.38 bits per heavy atom. The van der Waals surface area contributed by atoms with Crippen molar-refractivity contribution < 1.29 is 9.63 Å². The first-order valence-corrected chi connectivity index (χ1v) is 3.84. The number of hydrogen-bond donors (Lipinski definition) is 1. The smallest absolute Gasteiger partial charge is 0.258 e. The Morgan fingerprint density at radius 2 is 2.23 bits per heavy atom. The third-order valence-electron chi connectivity index (χ3n) is 1.90. The van der Waals surface area contributed by atoms with E-state index in [1.807, 2.05) is 6.07 Å². The van der Waals surface area contributed by atoms with Gasteiger partial charge in [0.2, 0.25) is 0 Å². The van der Waals surface area contributed by atoms with E-state index in [1.165, 1.54) is 6.33 Å². The molecule has 66 valence electrons. The van der Waals surface area contributed by atoms with Crippen molar-refractivity contribution in [2.45, 2.75) is 6.92 Å². The van der Waals surface area contributed by atoms with E-state index in [0.29, 0.717) is 5.89 Å². The average molecular weight is 176 g/mol. The van der Waals surface area contributed by atoms with Gasteiger partial charge in [-0.25, -0.2) is 0 Å². The lowest BCUT2D eigenvalue weighted by molar-refractivity contribution is 0.428. The summed E-state index contributed by atoms with van der Waals surface area (Å²) in [4.78, 5) is 3.90. The predicted octanol–water partition coefficient (Wildman–Crippen LogP) is 1.75. The second-order valence-corrected chi connectivity index (χ2v) is 2.70. The van der Waals surface area contributed by atoms with Crippen molar-refractivity contribution in [2.75, 3.05) is 0 Å². The van der Waals surface area contributed by atoms with Crippen molar-refractivity contribution in [3.05, 3.63) is 30.1 Å². The van der Waals surface area contributed by atoms with Gasteiger partial charge in [-0.05, 0) is 19.1 Å². The zero-order valence-electron chi connectivity index (χ0n) is 7.06. The molecule has 4 nitrogen and oxygen atoms in total. The van der Waals surface area contributed by atoms with Gasteiger partial charge in [0.15, 0.2) is 6.33 Å². The number of phenols is 1. The maximum Gasteiger partial charge on any atom is 0.258 e. The minimum Gasteiger partial charge on any atom is -0.508 e. The van der Waals surface area contributed by atoms with Gasteiger partial charge in [0.25, 0.3) is 5.89 Å². The predicted molar refractivity (Wildman–Crippen MR) is 46.1 cm³/mol. The van der Waals surface area contributed by atoms with Gasteiger partial charge in [-0.3, -0.25) is 0 Å². The van der Waals surface area contributed by atoms with E-state index in [2.05, 4.69) is 10.1 Å². The summed E-state index contributed by atoms with van der Waals surface area (Å²) in [6, 6.07) is 5.18. The van der Waals surface area contributed by atoms with E-state index >= 15 is 0 Å². The molecule has 0 bridgehead atoms. The molecule has 2 aromatic rings. The number of aromatic nitrogens is 2. The average Bonchev–Trinajstić information content (AvgIpc) is 2.62. The van der Waals surface area contributed by atoms with Crippen LogP contribution < -0.4 is 0 Å². The van der Waals surface area contributed by atoms with Crippen LogP contribution in [0.15, 0.2) is 29.0 Å². The van der Waals surface area contributed by atoms with Gasteiger partial charge < -0.3 is 9.63 Å². The lowest BCUT2D eigenvalue weighted by Crippen LogP contribution is -1.82. The summed E-state index contributed by atoms with van der Waals surface area (Å²) in [6.07, 6.45) is 1.33. The lowest BCUT2D eigenvalue weighted by Gasteiger charge is -2.01. The Kier molecular flexibility index (Phi) is 1.73. The molecule has 0 aliphatic rings. The Morgan fingerprint density at radius 3 is 2.92 bits per heavy atom. The third kappa shape index (κ3) is 1.26. The zero-order chi connectivity index (χ0) is 9.26. The van der Waals surface area contributed by atoms with E-state index in [4.69, 9.17) is 4.52 Å². The number of aromatic hydroxyl groups is 1. The highest BCUT2D eigenvalue weighted by atomic mass is 16.5. The Hall–Kier alpha value is -1.84. The van der Waals surface area contributed by atoms with Gasteiger partial charge in [-0.2, -0.15) is 4.98 Å². The van der Waals surface area contributed by atoms with Gasteiger partial charge in [-0.1, -0.05) is 11.2 Å². The van der Waals surface area contributed by atoms with Crippen molar-refractivity contribution in [3.8, 4) is 17.2 Å². The van der Waals surface area contributed by atoms with Crippen LogP contribution in [-0.4, -0.2) is 15.2 Å². The van der Waals surface area contributed by atoms with Gasteiger partial charge in [0.05, 0.1) is 0 Å². The molecule has 4 heteroatoms. The molecule has 0 aliphatic heterocycles. The molecular formula is C9H8N2O2. The van der Waals surface area contributed by atoms with Crippen molar-refractivity contribution in [1.29, 1.82) is 0 Å². The maximum absolute atomic E-state index is 9.41. The van der Waals surface area contributed by atoms with Crippen molar-refractivity contribution in [1.82, 2.24) is 10.1 Å². The number of phenolic OH excluding ortho intramolecular Hbond substituents is 1. The van der Waals surface area contributed by atoms with Crippen LogP contribution in [0.25, 0.3) is 11.5 Å². The Labute approximate surface area is 74.8 Å². The summed E-state index contributed by atoms with van der Waals surface area (Å²) in [7, 11) is 0. The number of hydrogen-bond acceptors (Lipinski definition) is 4. The second kappa shape index (κ2) is 2.90. The molecule has 1 N–H and O–H groups in total. The number of nitrogens with zero attached hydrogens (tertiary/aromatic N) is 2. The SMILES string of the molecule is Cc1c(O)cccc1-c1ncno1. The van der Waals surface area contributed by atoms with Crippen LogP contribution in [0.1, 0.15) is 5.56 Å². The van der Waals surface area contributed by atoms with Crippen molar-refractivity contribution >= 4 is 0 Å². The van der Waals surface area contributed by atoms with Gasteiger partial charge in [0.1, 0.15) is 5.75 Å². The molecular weight excluding hydrogens is 168 g/mol. The number of rotatable bonds is 1. The van der Waals surface area contributed by atoms with Crippen LogP contribution in [0.2, 0.25) is 0 Å². The van der Waals surface area contributed by atoms with Crippen LogP contribution in [0.5, 0.6) is 5.75 Å². The summed E-state index contributed by atoms with van der Waals surface area (Å²) in [5.41, 5.74) is 1.50. The van der Waals surface area contributed by atoms with Crippen LogP contribution >= 0.6 is 0 Å². The summed E-state index contributed by atoms with van der Waals surface area (Å²) < 4.78 is 4.88. The molecule has 13 heavy (non-hydrogen) atoms. The normalized spacial score (nSPS) is 10.2. The lowest BCUT2D eigenvalue weighted by atomic mass is 10.1. The van der Waals surface area contributed by atoms with E-state index in [1.54, 1.807) is 19.1 Å². The van der Waals surface area contributed by atoms with E-state index in [0.717, 1.165) is 11.1 Å². The van der Waals surface area contributed by atoms with E-state index in [9.17, 15) is 5.11 Å². The van der Waals surface area contributed by atoms with E-state index < -0.39 is 0 Å².